The second kappa shape index (κ2) is 9.91. The van der Waals surface area contributed by atoms with Crippen molar-refractivity contribution in [1.29, 1.82) is 0 Å². The van der Waals surface area contributed by atoms with E-state index >= 15 is 0 Å². The van der Waals surface area contributed by atoms with Gasteiger partial charge in [-0.15, -0.1) is 0 Å². The molecule has 4 aromatic rings. The van der Waals surface area contributed by atoms with Gasteiger partial charge in [0.2, 0.25) is 5.88 Å². The van der Waals surface area contributed by atoms with Gasteiger partial charge >= 0.3 is 0 Å². The van der Waals surface area contributed by atoms with Crippen molar-refractivity contribution < 1.29 is 9.53 Å². The van der Waals surface area contributed by atoms with Crippen LogP contribution in [0.5, 0.6) is 11.6 Å². The molecule has 1 aliphatic heterocycles. The molecule has 0 radical (unpaired) electrons. The Morgan fingerprint density at radius 1 is 1.03 bits per heavy atom. The summed E-state index contributed by atoms with van der Waals surface area (Å²) in [6.45, 7) is 4.03. The molecular weight excluding hydrogens is 424 g/mol. The van der Waals surface area contributed by atoms with Gasteiger partial charge in [0.25, 0.3) is 5.91 Å². The SMILES string of the molecule is Cc1ccc(Oc2cccc(C3CCCN(C(=O)c4ccccc4Cn4cccn4)C3)n2)cc1. The molecule has 5 rings (SSSR count). The van der Waals surface area contributed by atoms with Crippen LogP contribution < -0.4 is 4.74 Å². The molecule has 1 fully saturated rings. The van der Waals surface area contributed by atoms with E-state index in [0.717, 1.165) is 42.0 Å². The highest BCUT2D eigenvalue weighted by atomic mass is 16.5. The number of rotatable bonds is 6. The number of aromatic nitrogens is 3. The second-order valence-electron chi connectivity index (χ2n) is 8.77. The highest BCUT2D eigenvalue weighted by molar-refractivity contribution is 5.95. The average Bonchev–Trinajstić information content (AvgIpc) is 3.39. The summed E-state index contributed by atoms with van der Waals surface area (Å²) in [7, 11) is 0. The summed E-state index contributed by atoms with van der Waals surface area (Å²) in [6.07, 6.45) is 5.61. The van der Waals surface area contributed by atoms with Crippen molar-refractivity contribution in [2.45, 2.75) is 32.2 Å². The molecular formula is C28H28N4O2. The van der Waals surface area contributed by atoms with Crippen LogP contribution in [0.4, 0.5) is 0 Å². The minimum absolute atomic E-state index is 0.0690. The Balaban J connectivity index is 1.31. The molecule has 34 heavy (non-hydrogen) atoms. The van der Waals surface area contributed by atoms with Crippen LogP contribution in [-0.4, -0.2) is 38.7 Å². The zero-order valence-electron chi connectivity index (χ0n) is 19.3. The minimum Gasteiger partial charge on any atom is -0.439 e. The van der Waals surface area contributed by atoms with Gasteiger partial charge in [0.15, 0.2) is 0 Å². The van der Waals surface area contributed by atoms with Crippen molar-refractivity contribution in [3.8, 4) is 11.6 Å². The van der Waals surface area contributed by atoms with Crippen molar-refractivity contribution in [3.05, 3.63) is 108 Å². The number of carbonyl (C=O) groups excluding carboxylic acids is 1. The number of ether oxygens (including phenoxy) is 1. The van der Waals surface area contributed by atoms with Crippen LogP contribution in [0.25, 0.3) is 0 Å². The number of amides is 1. The van der Waals surface area contributed by atoms with Gasteiger partial charge in [-0.05, 0) is 55.7 Å². The summed E-state index contributed by atoms with van der Waals surface area (Å²) in [6, 6.07) is 23.5. The number of nitrogens with zero attached hydrogens (tertiary/aromatic N) is 4. The number of piperidine rings is 1. The second-order valence-corrected chi connectivity index (χ2v) is 8.77. The Morgan fingerprint density at radius 3 is 2.71 bits per heavy atom. The standard InChI is InChI=1S/C28H28N4O2/c1-21-12-14-24(15-13-21)34-27-11-4-10-26(30-27)23-8-5-17-31(19-23)28(33)25-9-3-2-7-22(25)20-32-18-6-16-29-32/h2-4,6-7,9-16,18,23H,5,8,17,19-20H2,1H3. The molecule has 1 saturated heterocycles. The molecule has 6 nitrogen and oxygen atoms in total. The molecule has 6 heteroatoms. The van der Waals surface area contributed by atoms with E-state index in [1.54, 1.807) is 6.20 Å². The van der Waals surface area contributed by atoms with E-state index in [-0.39, 0.29) is 11.8 Å². The fourth-order valence-corrected chi connectivity index (χ4v) is 4.45. The van der Waals surface area contributed by atoms with Crippen LogP contribution in [0.1, 0.15) is 45.9 Å². The number of aryl methyl sites for hydroxylation is 1. The van der Waals surface area contributed by atoms with Crippen LogP contribution >= 0.6 is 0 Å². The third-order valence-electron chi connectivity index (χ3n) is 6.25. The van der Waals surface area contributed by atoms with Gasteiger partial charge < -0.3 is 9.64 Å². The molecule has 2 aromatic heterocycles. The Bertz CT molecular complexity index is 1250. The first-order chi connectivity index (χ1) is 16.7. The average molecular weight is 453 g/mol. The van der Waals surface area contributed by atoms with Crippen LogP contribution in [0.15, 0.2) is 85.2 Å². The van der Waals surface area contributed by atoms with E-state index in [1.165, 1.54) is 5.56 Å². The van der Waals surface area contributed by atoms with E-state index in [2.05, 4.69) is 12.0 Å². The largest absolute Gasteiger partial charge is 0.439 e. The molecule has 1 aliphatic rings. The maximum atomic E-state index is 13.5. The van der Waals surface area contributed by atoms with Gasteiger partial charge in [-0.1, -0.05) is 42.0 Å². The van der Waals surface area contributed by atoms with Gasteiger partial charge in [0, 0.05) is 48.7 Å². The minimum atomic E-state index is 0.0690. The molecule has 0 aliphatic carbocycles. The zero-order valence-corrected chi connectivity index (χ0v) is 19.3. The summed E-state index contributed by atoms with van der Waals surface area (Å²) in [5.41, 5.74) is 3.87. The number of benzene rings is 2. The first-order valence-corrected chi connectivity index (χ1v) is 11.7. The molecule has 3 heterocycles. The lowest BCUT2D eigenvalue weighted by Gasteiger charge is -2.33. The summed E-state index contributed by atoms with van der Waals surface area (Å²) in [4.78, 5) is 20.3. The van der Waals surface area contributed by atoms with Crippen LogP contribution in [0.2, 0.25) is 0 Å². The number of pyridine rings is 1. The molecule has 0 spiro atoms. The quantitative estimate of drug-likeness (QED) is 0.390. The van der Waals surface area contributed by atoms with Crippen molar-refractivity contribution >= 4 is 5.91 Å². The molecule has 1 amide bonds. The van der Waals surface area contributed by atoms with E-state index in [0.29, 0.717) is 19.0 Å². The van der Waals surface area contributed by atoms with Crippen molar-refractivity contribution in [3.63, 3.8) is 0 Å². The third kappa shape index (κ3) is 5.01. The lowest BCUT2D eigenvalue weighted by atomic mass is 9.93. The highest BCUT2D eigenvalue weighted by Crippen LogP contribution is 2.29. The smallest absolute Gasteiger partial charge is 0.254 e. The molecule has 0 N–H and O–H groups in total. The topological polar surface area (TPSA) is 60.2 Å². The summed E-state index contributed by atoms with van der Waals surface area (Å²) >= 11 is 0. The highest BCUT2D eigenvalue weighted by Gasteiger charge is 2.27. The Kier molecular flexibility index (Phi) is 6.38. The normalized spacial score (nSPS) is 15.8. The zero-order chi connectivity index (χ0) is 23.3. The first kappa shape index (κ1) is 21.9. The Labute approximate surface area is 199 Å². The lowest BCUT2D eigenvalue weighted by molar-refractivity contribution is 0.0704. The molecule has 1 unspecified atom stereocenters. The Hall–Kier alpha value is -3.93. The molecule has 2 aromatic carbocycles. The first-order valence-electron chi connectivity index (χ1n) is 11.7. The third-order valence-corrected chi connectivity index (χ3v) is 6.25. The van der Waals surface area contributed by atoms with Crippen molar-refractivity contribution in [1.82, 2.24) is 19.7 Å². The van der Waals surface area contributed by atoms with Crippen molar-refractivity contribution in [2.75, 3.05) is 13.1 Å². The molecule has 0 saturated carbocycles. The maximum absolute atomic E-state index is 13.5. The van der Waals surface area contributed by atoms with Gasteiger partial charge in [-0.2, -0.15) is 5.10 Å². The van der Waals surface area contributed by atoms with E-state index in [1.807, 2.05) is 88.6 Å². The number of hydrogen-bond donors (Lipinski definition) is 0. The summed E-state index contributed by atoms with van der Waals surface area (Å²) in [5, 5.41) is 4.29. The van der Waals surface area contributed by atoms with Gasteiger partial charge in [0.05, 0.1) is 6.54 Å². The van der Waals surface area contributed by atoms with Crippen molar-refractivity contribution in [2.24, 2.45) is 0 Å². The van der Waals surface area contributed by atoms with Gasteiger partial charge in [0.1, 0.15) is 5.75 Å². The summed E-state index contributed by atoms with van der Waals surface area (Å²) in [5.74, 6) is 1.59. The monoisotopic (exact) mass is 452 g/mol. The van der Waals surface area contributed by atoms with Gasteiger partial charge in [-0.3, -0.25) is 9.48 Å². The fraction of sp³-hybridized carbons (Fsp3) is 0.250. The lowest BCUT2D eigenvalue weighted by Crippen LogP contribution is -2.39. The number of carbonyl (C=O) groups is 1. The van der Waals surface area contributed by atoms with Crippen LogP contribution in [0.3, 0.4) is 0 Å². The van der Waals surface area contributed by atoms with Crippen LogP contribution in [0, 0.1) is 6.92 Å². The van der Waals surface area contributed by atoms with Crippen LogP contribution in [-0.2, 0) is 6.54 Å². The fourth-order valence-electron chi connectivity index (χ4n) is 4.45. The summed E-state index contributed by atoms with van der Waals surface area (Å²) < 4.78 is 7.82. The molecule has 0 bridgehead atoms. The predicted molar refractivity (Wildman–Crippen MR) is 131 cm³/mol. The van der Waals surface area contributed by atoms with E-state index < -0.39 is 0 Å². The molecule has 172 valence electrons. The predicted octanol–water partition coefficient (Wildman–Crippen LogP) is 5.45. The Morgan fingerprint density at radius 2 is 1.88 bits per heavy atom. The van der Waals surface area contributed by atoms with E-state index in [9.17, 15) is 4.79 Å². The van der Waals surface area contributed by atoms with Gasteiger partial charge in [-0.25, -0.2) is 4.98 Å². The number of likely N-dealkylation sites (tertiary alicyclic amines) is 1. The van der Waals surface area contributed by atoms with E-state index in [4.69, 9.17) is 9.72 Å². The molecule has 1 atom stereocenters. The number of hydrogen-bond acceptors (Lipinski definition) is 4. The maximum Gasteiger partial charge on any atom is 0.254 e.